The number of carboxylic acids is 1. The molecule has 0 fully saturated rings. The van der Waals surface area contributed by atoms with Gasteiger partial charge < -0.3 is 24.8 Å². The molecule has 3 amide bonds. The monoisotopic (exact) mass is 663 g/mol. The molecule has 0 aromatic heterocycles. The van der Waals surface area contributed by atoms with Gasteiger partial charge in [0.2, 0.25) is 11.8 Å². The molecule has 0 aliphatic rings. The average molecular weight is 664 g/mol. The van der Waals surface area contributed by atoms with Crippen LogP contribution in [-0.2, 0) is 24.5 Å². The second-order valence-electron chi connectivity index (χ2n) is 14.7. The molecule has 0 unspecified atom stereocenters. The minimum atomic E-state index is -1.10. The number of nitrogens with one attached hydrogen (secondary N) is 1. The van der Waals surface area contributed by atoms with Gasteiger partial charge in [0.15, 0.2) is 0 Å². The zero-order chi connectivity index (χ0) is 35.8. The molecule has 10 nitrogen and oxygen atoms in total. The van der Waals surface area contributed by atoms with Gasteiger partial charge in [-0.1, -0.05) is 66.7 Å². The fraction of sp³-hybridized carbons (Fsp3) is 0.657. The summed E-state index contributed by atoms with van der Waals surface area (Å²) in [5.74, 6) is -0.620. The fourth-order valence-corrected chi connectivity index (χ4v) is 5.36. The number of likely N-dealkylation sites (N-methyl/N-ethyl adjacent to an activating group) is 2. The predicted octanol–water partition coefficient (Wildman–Crippen LogP) is 5.99. The Hall–Kier alpha value is -3.21. The number of hydrogen-bond acceptors (Lipinski definition) is 7. The van der Waals surface area contributed by atoms with Crippen LogP contribution in [0.5, 0.6) is 5.75 Å². The minimum Gasteiger partial charge on any atom is -0.493 e. The minimum absolute atomic E-state index is 0.102. The predicted molar refractivity (Wildman–Crippen MR) is 185 cm³/mol. The van der Waals surface area contributed by atoms with Crippen molar-refractivity contribution in [3.63, 3.8) is 0 Å². The lowest BCUT2D eigenvalue weighted by molar-refractivity contribution is -0.142. The van der Waals surface area contributed by atoms with E-state index in [1.165, 1.54) is 23.8 Å². The van der Waals surface area contributed by atoms with Crippen LogP contribution in [0.25, 0.3) is 0 Å². The molecule has 0 aliphatic carbocycles. The summed E-state index contributed by atoms with van der Waals surface area (Å²) in [6, 6.07) is 4.82. The van der Waals surface area contributed by atoms with E-state index in [0.29, 0.717) is 12.4 Å². The first kappa shape index (κ1) is 40.8. The Labute approximate surface area is 280 Å². The molecule has 0 aliphatic heterocycles. The van der Waals surface area contributed by atoms with Gasteiger partial charge in [-0.25, -0.2) is 9.59 Å². The van der Waals surface area contributed by atoms with Crippen molar-refractivity contribution >= 4 is 35.6 Å². The number of rotatable bonds is 14. The molecule has 2 N–H and O–H groups in total. The van der Waals surface area contributed by atoms with E-state index >= 15 is 0 Å². The van der Waals surface area contributed by atoms with Gasteiger partial charge in [0, 0.05) is 30.8 Å². The van der Waals surface area contributed by atoms with Crippen molar-refractivity contribution < 1.29 is 33.8 Å². The first-order valence-electron chi connectivity index (χ1n) is 15.6. The van der Waals surface area contributed by atoms with Crippen molar-refractivity contribution in [2.24, 2.45) is 11.3 Å². The number of amides is 3. The molecule has 0 saturated carbocycles. The third-order valence-corrected chi connectivity index (χ3v) is 8.35. The van der Waals surface area contributed by atoms with Crippen molar-refractivity contribution in [3.05, 3.63) is 41.5 Å². The molecular formula is C35H57N3O7S. The van der Waals surface area contributed by atoms with Gasteiger partial charge in [0.1, 0.15) is 23.4 Å². The van der Waals surface area contributed by atoms with Gasteiger partial charge in [-0.15, -0.1) is 0 Å². The molecule has 1 rings (SSSR count). The SMILES string of the molecule is CSCCOc1cccc(C(C)(C)[C@@H](C(=O)N[C@H](C(=O)N(C)[C@H](/C=C(\C)C(=O)O)C(C)C)C(C)(C)C)N(C)C(=O)OC(C)(C)C)c1. The maximum absolute atomic E-state index is 14.5. The first-order valence-corrected chi connectivity index (χ1v) is 17.0. The summed E-state index contributed by atoms with van der Waals surface area (Å²) in [7, 11) is 3.13. The summed E-state index contributed by atoms with van der Waals surface area (Å²) in [6.07, 6.45) is 2.88. The second-order valence-corrected chi connectivity index (χ2v) is 15.7. The van der Waals surface area contributed by atoms with Crippen molar-refractivity contribution in [1.29, 1.82) is 0 Å². The van der Waals surface area contributed by atoms with Crippen molar-refractivity contribution in [2.45, 2.75) is 105 Å². The molecule has 1 aromatic rings. The van der Waals surface area contributed by atoms with E-state index in [4.69, 9.17) is 9.47 Å². The third-order valence-electron chi connectivity index (χ3n) is 7.77. The summed E-state index contributed by atoms with van der Waals surface area (Å²) in [4.78, 5) is 56.4. The quantitative estimate of drug-likeness (QED) is 0.184. The highest BCUT2D eigenvalue weighted by Crippen LogP contribution is 2.34. The lowest BCUT2D eigenvalue weighted by atomic mass is 9.76. The van der Waals surface area contributed by atoms with E-state index in [0.717, 1.165) is 11.3 Å². The van der Waals surface area contributed by atoms with Gasteiger partial charge in [0.05, 0.1) is 12.6 Å². The lowest BCUT2D eigenvalue weighted by Gasteiger charge is -2.42. The first-order chi connectivity index (χ1) is 20.9. The molecule has 11 heteroatoms. The number of carbonyl (C=O) groups is 4. The van der Waals surface area contributed by atoms with Crippen molar-refractivity contribution in [3.8, 4) is 5.75 Å². The topological polar surface area (TPSA) is 125 Å². The van der Waals surface area contributed by atoms with Gasteiger partial charge >= 0.3 is 12.1 Å². The number of carbonyl (C=O) groups excluding carboxylic acids is 3. The average Bonchev–Trinajstić information content (AvgIpc) is 2.92. The maximum atomic E-state index is 14.5. The summed E-state index contributed by atoms with van der Waals surface area (Å²) in [6.45, 7) is 20.4. The largest absolute Gasteiger partial charge is 0.493 e. The van der Waals surface area contributed by atoms with E-state index < -0.39 is 52.5 Å². The standard InChI is InChI=1S/C35H57N3O7S/c1-22(2)26(20-23(3)31(41)42)37(12)30(40)27(33(4,5)6)36-29(39)28(38(13)32(43)45-34(7,8)9)35(10,11)24-16-15-17-25(21-24)44-18-19-46-14/h15-17,20-22,26-28H,18-19H2,1-14H3,(H,36,39)(H,41,42)/b23-20+/t26-,27-,28-/m1/s1. The van der Waals surface area contributed by atoms with Crippen LogP contribution in [0.2, 0.25) is 0 Å². The van der Waals surface area contributed by atoms with E-state index in [9.17, 15) is 24.3 Å². The molecule has 46 heavy (non-hydrogen) atoms. The molecule has 0 spiro atoms. The van der Waals surface area contributed by atoms with Crippen LogP contribution in [0, 0.1) is 11.3 Å². The van der Waals surface area contributed by atoms with Crippen LogP contribution >= 0.6 is 11.8 Å². The molecule has 0 bridgehead atoms. The number of thioether (sulfide) groups is 1. The molecule has 0 radical (unpaired) electrons. The smallest absolute Gasteiger partial charge is 0.410 e. The van der Waals surface area contributed by atoms with Crippen LogP contribution in [0.1, 0.15) is 81.7 Å². The number of nitrogens with zero attached hydrogens (tertiary/aromatic N) is 2. The normalized spacial score (nSPS) is 14.6. The lowest BCUT2D eigenvalue weighted by Crippen LogP contribution is -2.63. The molecule has 3 atom stereocenters. The van der Waals surface area contributed by atoms with Gasteiger partial charge in [-0.2, -0.15) is 11.8 Å². The molecular weight excluding hydrogens is 606 g/mol. The Bertz CT molecular complexity index is 1250. The number of carboxylic acid groups (broad SMARTS) is 1. The van der Waals surface area contributed by atoms with Crippen molar-refractivity contribution in [1.82, 2.24) is 15.1 Å². The summed E-state index contributed by atoms with van der Waals surface area (Å²) in [5.41, 5.74) is -1.63. The zero-order valence-electron chi connectivity index (χ0n) is 30.3. The van der Waals surface area contributed by atoms with E-state index in [1.807, 2.05) is 79.0 Å². The van der Waals surface area contributed by atoms with Crippen LogP contribution in [-0.4, -0.2) is 95.2 Å². The van der Waals surface area contributed by atoms with Crippen LogP contribution in [0.15, 0.2) is 35.9 Å². The van der Waals surface area contributed by atoms with Crippen LogP contribution in [0.3, 0.4) is 0 Å². The van der Waals surface area contributed by atoms with Crippen LogP contribution < -0.4 is 10.1 Å². The third kappa shape index (κ3) is 11.5. The number of aliphatic carboxylic acids is 1. The van der Waals surface area contributed by atoms with Crippen LogP contribution in [0.4, 0.5) is 4.79 Å². The maximum Gasteiger partial charge on any atom is 0.410 e. The van der Waals surface area contributed by atoms with E-state index in [2.05, 4.69) is 5.32 Å². The van der Waals surface area contributed by atoms with Crippen molar-refractivity contribution in [2.75, 3.05) is 32.7 Å². The zero-order valence-corrected chi connectivity index (χ0v) is 31.1. The Morgan fingerprint density at radius 3 is 2.07 bits per heavy atom. The highest BCUT2D eigenvalue weighted by atomic mass is 32.2. The molecule has 0 heterocycles. The highest BCUT2D eigenvalue weighted by molar-refractivity contribution is 7.98. The summed E-state index contributed by atoms with van der Waals surface area (Å²) < 4.78 is 11.6. The Morgan fingerprint density at radius 2 is 1.59 bits per heavy atom. The Morgan fingerprint density at radius 1 is 1.00 bits per heavy atom. The molecule has 1 aromatic carbocycles. The fourth-order valence-electron chi connectivity index (χ4n) is 5.11. The number of hydrogen-bond donors (Lipinski definition) is 2. The number of benzene rings is 1. The Kier molecular flexibility index (Phi) is 14.7. The number of ether oxygens (including phenoxy) is 2. The van der Waals surface area contributed by atoms with Gasteiger partial charge in [0.25, 0.3) is 0 Å². The summed E-state index contributed by atoms with van der Waals surface area (Å²) >= 11 is 1.67. The molecule has 260 valence electrons. The van der Waals surface area contributed by atoms with Gasteiger partial charge in [-0.05, 0) is 63.0 Å². The highest BCUT2D eigenvalue weighted by Gasteiger charge is 2.46. The molecule has 0 saturated heterocycles. The van der Waals surface area contributed by atoms with Gasteiger partial charge in [-0.3, -0.25) is 14.5 Å². The van der Waals surface area contributed by atoms with E-state index in [-0.39, 0.29) is 17.4 Å². The Balaban J connectivity index is 3.68. The van der Waals surface area contributed by atoms with E-state index in [1.54, 1.807) is 45.7 Å². The summed E-state index contributed by atoms with van der Waals surface area (Å²) in [5, 5.41) is 12.5. The second kappa shape index (κ2) is 16.6.